The molecule has 2 aliphatic heterocycles. The van der Waals surface area contributed by atoms with Crippen molar-refractivity contribution in [3.8, 4) is 5.75 Å². The zero-order chi connectivity index (χ0) is 20.8. The predicted octanol–water partition coefficient (Wildman–Crippen LogP) is 3.97. The van der Waals surface area contributed by atoms with E-state index in [4.69, 9.17) is 4.74 Å². The van der Waals surface area contributed by atoms with Gasteiger partial charge in [-0.1, -0.05) is 6.07 Å². The third kappa shape index (κ3) is 3.15. The van der Waals surface area contributed by atoms with Gasteiger partial charge < -0.3 is 9.64 Å². The summed E-state index contributed by atoms with van der Waals surface area (Å²) in [5.74, 6) is 1.15. The zero-order valence-electron chi connectivity index (χ0n) is 17.9. The molecule has 0 saturated carbocycles. The largest absolute Gasteiger partial charge is 0.497 e. The lowest BCUT2D eigenvalue weighted by atomic mass is 9.97. The van der Waals surface area contributed by atoms with Crippen molar-refractivity contribution in [2.75, 3.05) is 7.11 Å². The van der Waals surface area contributed by atoms with Crippen LogP contribution in [0.25, 0.3) is 5.65 Å². The number of carbonyl (C=O) groups excluding carboxylic acids is 1. The number of hydrogen-bond donors (Lipinski definition) is 0. The molecule has 156 valence electrons. The molecule has 2 bridgehead atoms. The van der Waals surface area contributed by atoms with Crippen LogP contribution in [-0.2, 0) is 17.6 Å². The molecule has 2 aromatic heterocycles. The zero-order valence-corrected chi connectivity index (χ0v) is 17.9. The first-order chi connectivity index (χ1) is 14.5. The lowest BCUT2D eigenvalue weighted by Crippen LogP contribution is -2.42. The van der Waals surface area contributed by atoms with Crippen molar-refractivity contribution in [3.05, 3.63) is 58.5 Å². The van der Waals surface area contributed by atoms with Crippen LogP contribution in [0.1, 0.15) is 59.8 Å². The third-order valence-electron chi connectivity index (χ3n) is 6.70. The molecule has 1 aromatic carbocycles. The Morgan fingerprint density at radius 2 is 2.10 bits per heavy atom. The Labute approximate surface area is 176 Å². The molecule has 1 saturated heterocycles. The average Bonchev–Trinajstić information content (AvgIpc) is 3.27. The third-order valence-corrected chi connectivity index (χ3v) is 6.70. The fraction of sp³-hybridized carbons (Fsp3) is 0.458. The van der Waals surface area contributed by atoms with Gasteiger partial charge in [-0.2, -0.15) is 5.10 Å². The maximum Gasteiger partial charge on any atom is 0.223 e. The van der Waals surface area contributed by atoms with Crippen molar-refractivity contribution in [3.63, 3.8) is 0 Å². The molecule has 5 rings (SSSR count). The summed E-state index contributed by atoms with van der Waals surface area (Å²) in [4.78, 5) is 19.9. The highest BCUT2D eigenvalue weighted by molar-refractivity contribution is 5.78. The molecule has 0 radical (unpaired) electrons. The highest BCUT2D eigenvalue weighted by Gasteiger charge is 2.43. The number of aryl methyl sites for hydroxylation is 3. The van der Waals surface area contributed by atoms with E-state index in [1.54, 1.807) is 7.11 Å². The van der Waals surface area contributed by atoms with Crippen LogP contribution >= 0.6 is 0 Å². The second-order valence-electron chi connectivity index (χ2n) is 8.61. The number of methoxy groups -OCH3 is 1. The van der Waals surface area contributed by atoms with Crippen LogP contribution in [0.5, 0.6) is 5.75 Å². The number of benzene rings is 1. The van der Waals surface area contributed by atoms with Crippen molar-refractivity contribution in [1.29, 1.82) is 0 Å². The monoisotopic (exact) mass is 404 g/mol. The van der Waals surface area contributed by atoms with Crippen LogP contribution in [0.4, 0.5) is 0 Å². The minimum atomic E-state index is 0.148. The normalized spacial score (nSPS) is 19.9. The Kier molecular flexibility index (Phi) is 4.72. The molecule has 0 spiro atoms. The van der Waals surface area contributed by atoms with Gasteiger partial charge in [0.25, 0.3) is 0 Å². The van der Waals surface area contributed by atoms with Crippen molar-refractivity contribution in [2.24, 2.45) is 0 Å². The molecule has 2 unspecified atom stereocenters. The van der Waals surface area contributed by atoms with Crippen LogP contribution in [0.2, 0.25) is 0 Å². The van der Waals surface area contributed by atoms with E-state index in [1.807, 2.05) is 29.8 Å². The number of fused-ring (bicyclic) bond motifs is 6. The van der Waals surface area contributed by atoms with Crippen molar-refractivity contribution >= 4 is 11.6 Å². The van der Waals surface area contributed by atoms with E-state index in [1.165, 1.54) is 22.4 Å². The minimum Gasteiger partial charge on any atom is -0.497 e. The Balaban J connectivity index is 1.30. The van der Waals surface area contributed by atoms with Crippen molar-refractivity contribution in [1.82, 2.24) is 19.5 Å². The predicted molar refractivity (Wildman–Crippen MR) is 115 cm³/mol. The summed E-state index contributed by atoms with van der Waals surface area (Å²) in [7, 11) is 1.69. The van der Waals surface area contributed by atoms with E-state index in [2.05, 4.69) is 34.0 Å². The van der Waals surface area contributed by atoms with Crippen molar-refractivity contribution < 1.29 is 9.53 Å². The summed E-state index contributed by atoms with van der Waals surface area (Å²) in [5.41, 5.74) is 6.81. The molecule has 2 aliphatic rings. The van der Waals surface area contributed by atoms with Gasteiger partial charge in [-0.05, 0) is 62.8 Å². The van der Waals surface area contributed by atoms with Gasteiger partial charge in [-0.15, -0.1) is 0 Å². The molecule has 1 fully saturated rings. The summed E-state index contributed by atoms with van der Waals surface area (Å²) >= 11 is 0. The van der Waals surface area contributed by atoms with Crippen LogP contribution in [0.3, 0.4) is 0 Å². The molecule has 4 heterocycles. The first-order valence-electron chi connectivity index (χ1n) is 10.8. The summed E-state index contributed by atoms with van der Waals surface area (Å²) in [6.07, 6.45) is 7.29. The SMILES string of the molecule is COc1ccc(CCCC(=O)N2C3CCC2c2cnc4cc(C)nn4c2C3)c(C)c1. The quantitative estimate of drug-likeness (QED) is 0.646. The molecule has 1 amide bonds. The number of nitrogens with zero attached hydrogens (tertiary/aromatic N) is 4. The summed E-state index contributed by atoms with van der Waals surface area (Å²) in [5, 5.41) is 4.64. The van der Waals surface area contributed by atoms with E-state index in [-0.39, 0.29) is 18.0 Å². The number of amides is 1. The number of rotatable bonds is 5. The van der Waals surface area contributed by atoms with Crippen LogP contribution < -0.4 is 4.74 Å². The summed E-state index contributed by atoms with van der Waals surface area (Å²) < 4.78 is 7.28. The maximum atomic E-state index is 13.2. The fourth-order valence-corrected chi connectivity index (χ4v) is 5.22. The Hall–Kier alpha value is -2.89. The Bertz CT molecular complexity index is 1120. The van der Waals surface area contributed by atoms with Gasteiger partial charge in [-0.25, -0.2) is 9.50 Å². The van der Waals surface area contributed by atoms with Crippen molar-refractivity contribution in [2.45, 2.75) is 64.5 Å². The minimum absolute atomic E-state index is 0.148. The molecule has 3 aromatic rings. The number of carbonyl (C=O) groups is 1. The number of ether oxygens (including phenoxy) is 1. The van der Waals surface area contributed by atoms with Crippen LogP contribution in [0, 0.1) is 13.8 Å². The second kappa shape index (κ2) is 7.42. The summed E-state index contributed by atoms with van der Waals surface area (Å²) in [6.45, 7) is 4.10. The number of aromatic nitrogens is 3. The van der Waals surface area contributed by atoms with Gasteiger partial charge in [0.15, 0.2) is 5.65 Å². The molecule has 0 aliphatic carbocycles. The van der Waals surface area contributed by atoms with Gasteiger partial charge in [0, 0.05) is 36.7 Å². The van der Waals surface area contributed by atoms with E-state index in [9.17, 15) is 4.79 Å². The van der Waals surface area contributed by atoms with Crippen LogP contribution in [0.15, 0.2) is 30.5 Å². The topological polar surface area (TPSA) is 59.7 Å². The lowest BCUT2D eigenvalue weighted by Gasteiger charge is -2.36. The van der Waals surface area contributed by atoms with Gasteiger partial charge >= 0.3 is 0 Å². The smallest absolute Gasteiger partial charge is 0.223 e. The molecular formula is C24H28N4O2. The van der Waals surface area contributed by atoms with E-state index in [0.717, 1.165) is 49.2 Å². The lowest BCUT2D eigenvalue weighted by molar-refractivity contribution is -0.134. The Morgan fingerprint density at radius 3 is 2.90 bits per heavy atom. The molecular weight excluding hydrogens is 376 g/mol. The second-order valence-corrected chi connectivity index (χ2v) is 8.61. The molecule has 6 heteroatoms. The highest BCUT2D eigenvalue weighted by Crippen LogP contribution is 2.43. The molecule has 2 atom stereocenters. The first-order valence-corrected chi connectivity index (χ1v) is 10.8. The van der Waals surface area contributed by atoms with Crippen LogP contribution in [-0.4, -0.2) is 38.6 Å². The standard InChI is InChI=1S/C24H28N4O2/c1-15-11-19(30-3)9-7-17(15)5-4-6-24(29)27-18-8-10-21(27)20-14-25-23-12-16(2)26-28(23)22(20)13-18/h7,9,11-12,14,18,21H,4-6,8,10,13H2,1-3H3. The highest BCUT2D eigenvalue weighted by atomic mass is 16.5. The molecule has 30 heavy (non-hydrogen) atoms. The fourth-order valence-electron chi connectivity index (χ4n) is 5.22. The van der Waals surface area contributed by atoms with Gasteiger partial charge in [0.1, 0.15) is 5.75 Å². The van der Waals surface area contributed by atoms with E-state index < -0.39 is 0 Å². The average molecular weight is 405 g/mol. The van der Waals surface area contributed by atoms with Gasteiger partial charge in [-0.3, -0.25) is 4.79 Å². The van der Waals surface area contributed by atoms with Gasteiger partial charge in [0.2, 0.25) is 5.91 Å². The summed E-state index contributed by atoms with van der Waals surface area (Å²) in [6, 6.07) is 8.62. The first kappa shape index (κ1) is 19.1. The molecule has 6 nitrogen and oxygen atoms in total. The number of hydrogen-bond acceptors (Lipinski definition) is 4. The van der Waals surface area contributed by atoms with Gasteiger partial charge in [0.05, 0.1) is 24.5 Å². The van der Waals surface area contributed by atoms with E-state index >= 15 is 0 Å². The maximum absolute atomic E-state index is 13.2. The molecule has 0 N–H and O–H groups in total. The Morgan fingerprint density at radius 1 is 1.23 bits per heavy atom. The van der Waals surface area contributed by atoms with E-state index in [0.29, 0.717) is 6.42 Å².